The molecule has 0 fully saturated rings. The zero-order chi connectivity index (χ0) is 23.2. The number of rotatable bonds is 6. The average Bonchev–Trinajstić information content (AvgIpc) is 3.28. The Bertz CT molecular complexity index is 1430. The number of aryl methyl sites for hydroxylation is 1. The van der Waals surface area contributed by atoms with E-state index in [9.17, 15) is 18.8 Å². The minimum Gasteiger partial charge on any atom is -0.458 e. The number of carbonyl (C=O) groups excluding carboxylic acids is 2. The van der Waals surface area contributed by atoms with E-state index in [0.717, 1.165) is 10.6 Å². The van der Waals surface area contributed by atoms with Gasteiger partial charge in [0.25, 0.3) is 5.91 Å². The van der Waals surface area contributed by atoms with Crippen LogP contribution in [0, 0.1) is 12.7 Å². The maximum Gasteiger partial charge on any atom is 0.331 e. The summed E-state index contributed by atoms with van der Waals surface area (Å²) in [5.74, 6) is -1.28. The van der Waals surface area contributed by atoms with Crippen molar-refractivity contribution >= 4 is 22.9 Å². The molecule has 9 nitrogen and oxygen atoms in total. The van der Waals surface area contributed by atoms with E-state index in [1.807, 2.05) is 0 Å². The van der Waals surface area contributed by atoms with E-state index >= 15 is 0 Å². The summed E-state index contributed by atoms with van der Waals surface area (Å²) in [5, 5.41) is 0. The van der Waals surface area contributed by atoms with Crippen LogP contribution < -0.4 is 11.4 Å². The first kappa shape index (κ1) is 21.2. The number of hydrogen-bond donors (Lipinski definition) is 1. The summed E-state index contributed by atoms with van der Waals surface area (Å²) in [4.78, 5) is 47.0. The van der Waals surface area contributed by atoms with Gasteiger partial charge in [-0.25, -0.2) is 19.2 Å². The number of primary amides is 1. The third-order valence-electron chi connectivity index (χ3n) is 4.99. The average molecular weight is 437 g/mol. The van der Waals surface area contributed by atoms with Crippen LogP contribution in [0.25, 0.3) is 22.7 Å². The van der Waals surface area contributed by atoms with Crippen molar-refractivity contribution in [2.24, 2.45) is 5.73 Å². The number of aromatic nitrogens is 4. The highest BCUT2D eigenvalue weighted by Gasteiger charge is 2.27. The van der Waals surface area contributed by atoms with Crippen molar-refractivity contribution in [3.05, 3.63) is 69.7 Å². The summed E-state index contributed by atoms with van der Waals surface area (Å²) in [6.07, 6.45) is 0. The van der Waals surface area contributed by atoms with Crippen LogP contribution in [0.1, 0.15) is 46.5 Å². The second-order valence-corrected chi connectivity index (χ2v) is 7.58. The van der Waals surface area contributed by atoms with Gasteiger partial charge in [0.2, 0.25) is 0 Å². The fourth-order valence-corrected chi connectivity index (χ4v) is 3.54. The lowest BCUT2D eigenvalue weighted by Gasteiger charge is -2.07. The first-order valence-electron chi connectivity index (χ1n) is 9.86. The van der Waals surface area contributed by atoms with Crippen LogP contribution in [0.3, 0.4) is 0 Å². The van der Waals surface area contributed by atoms with E-state index in [1.165, 1.54) is 22.8 Å². The second kappa shape index (κ2) is 7.88. The predicted molar refractivity (Wildman–Crippen MR) is 114 cm³/mol. The lowest BCUT2D eigenvalue weighted by molar-refractivity contribution is 0.0962. The molecule has 3 heterocycles. The van der Waals surface area contributed by atoms with Crippen LogP contribution in [-0.2, 0) is 6.54 Å². The molecule has 0 radical (unpaired) electrons. The number of imidazole rings is 1. The Morgan fingerprint density at radius 1 is 1.16 bits per heavy atom. The Morgan fingerprint density at radius 2 is 1.88 bits per heavy atom. The number of Topliss-reactive ketones (excluding diaryl/α,β-unsaturated/α-hetero) is 1. The van der Waals surface area contributed by atoms with Gasteiger partial charge in [0.05, 0.1) is 12.1 Å². The zero-order valence-corrected chi connectivity index (χ0v) is 17.6. The molecule has 4 aromatic rings. The van der Waals surface area contributed by atoms with E-state index in [0.29, 0.717) is 11.5 Å². The molecule has 0 aliphatic rings. The minimum absolute atomic E-state index is 0.00733. The highest BCUT2D eigenvalue weighted by Crippen LogP contribution is 2.25. The quantitative estimate of drug-likeness (QED) is 0.462. The van der Waals surface area contributed by atoms with Crippen molar-refractivity contribution in [3.63, 3.8) is 0 Å². The van der Waals surface area contributed by atoms with E-state index < -0.39 is 29.7 Å². The summed E-state index contributed by atoms with van der Waals surface area (Å²) < 4.78 is 22.1. The molecule has 1 aromatic carbocycles. The minimum atomic E-state index is -0.907. The number of benzene rings is 1. The van der Waals surface area contributed by atoms with Crippen LogP contribution in [0.2, 0.25) is 0 Å². The maximum absolute atomic E-state index is 14.1. The van der Waals surface area contributed by atoms with Gasteiger partial charge in [0, 0.05) is 6.04 Å². The van der Waals surface area contributed by atoms with E-state index in [1.54, 1.807) is 32.9 Å². The summed E-state index contributed by atoms with van der Waals surface area (Å²) >= 11 is 0. The molecule has 0 spiro atoms. The molecule has 0 atom stereocenters. The number of amides is 1. The number of carbonyl (C=O) groups is 2. The van der Waals surface area contributed by atoms with Gasteiger partial charge >= 0.3 is 5.69 Å². The number of halogens is 1. The normalized spacial score (nSPS) is 11.4. The topological polar surface area (TPSA) is 126 Å². The Labute approximate surface area is 181 Å². The van der Waals surface area contributed by atoms with Crippen LogP contribution in [-0.4, -0.2) is 30.8 Å². The van der Waals surface area contributed by atoms with Crippen LogP contribution >= 0.6 is 0 Å². The number of ketones is 1. The number of fused-ring (bicyclic) bond motifs is 1. The molecule has 2 N–H and O–H groups in total. The summed E-state index contributed by atoms with van der Waals surface area (Å²) in [6, 6.07) is 8.44. The number of nitrogens with zero attached hydrogens (tertiary/aromatic N) is 4. The number of furan rings is 1. The molecule has 164 valence electrons. The molecule has 4 rings (SSSR count). The predicted octanol–water partition coefficient (Wildman–Crippen LogP) is 2.86. The Morgan fingerprint density at radius 3 is 2.47 bits per heavy atom. The molecule has 0 bridgehead atoms. The van der Waals surface area contributed by atoms with Gasteiger partial charge in [0.15, 0.2) is 28.7 Å². The van der Waals surface area contributed by atoms with Crippen molar-refractivity contribution < 1.29 is 18.4 Å². The zero-order valence-electron chi connectivity index (χ0n) is 17.6. The molecule has 1 amide bonds. The standard InChI is InChI=1S/C22H20FN5O4/c1-11(2)28-21-18(17(19(24)30)25-20(26-21)16-9-8-12(3)32-16)27(22(28)31)10-15(29)13-6-4-5-7-14(13)23/h4-9,11H,10H2,1-3H3,(H2,24,30). The largest absolute Gasteiger partial charge is 0.458 e. The van der Waals surface area contributed by atoms with Crippen LogP contribution in [0.15, 0.2) is 45.6 Å². The van der Waals surface area contributed by atoms with E-state index in [4.69, 9.17) is 10.2 Å². The van der Waals surface area contributed by atoms with Gasteiger partial charge in [-0.2, -0.15) is 0 Å². The van der Waals surface area contributed by atoms with Crippen molar-refractivity contribution in [2.75, 3.05) is 0 Å². The molecule has 0 saturated carbocycles. The van der Waals surface area contributed by atoms with Gasteiger partial charge in [-0.15, -0.1) is 0 Å². The molecular formula is C22H20FN5O4. The lowest BCUT2D eigenvalue weighted by Crippen LogP contribution is -2.28. The fourth-order valence-electron chi connectivity index (χ4n) is 3.54. The van der Waals surface area contributed by atoms with Gasteiger partial charge in [-0.3, -0.25) is 18.7 Å². The molecule has 0 unspecified atom stereocenters. The fraction of sp³-hybridized carbons (Fsp3) is 0.227. The van der Waals surface area contributed by atoms with Gasteiger partial charge in [0.1, 0.15) is 17.1 Å². The van der Waals surface area contributed by atoms with Gasteiger partial charge < -0.3 is 10.2 Å². The third kappa shape index (κ3) is 3.49. The molecule has 32 heavy (non-hydrogen) atoms. The Hall–Kier alpha value is -4.08. The van der Waals surface area contributed by atoms with Crippen LogP contribution in [0.5, 0.6) is 0 Å². The van der Waals surface area contributed by atoms with Crippen LogP contribution in [0.4, 0.5) is 4.39 Å². The second-order valence-electron chi connectivity index (χ2n) is 7.58. The maximum atomic E-state index is 14.1. The van der Waals surface area contributed by atoms with E-state index in [-0.39, 0.29) is 34.3 Å². The smallest absolute Gasteiger partial charge is 0.331 e. The number of hydrogen-bond acceptors (Lipinski definition) is 6. The van der Waals surface area contributed by atoms with Crippen molar-refractivity contribution in [3.8, 4) is 11.6 Å². The third-order valence-corrected chi connectivity index (χ3v) is 4.99. The monoisotopic (exact) mass is 437 g/mol. The highest BCUT2D eigenvalue weighted by atomic mass is 19.1. The molecular weight excluding hydrogens is 417 g/mol. The van der Waals surface area contributed by atoms with Gasteiger partial charge in [-0.05, 0) is 45.0 Å². The lowest BCUT2D eigenvalue weighted by atomic mass is 10.1. The molecule has 0 aliphatic carbocycles. The highest BCUT2D eigenvalue weighted by molar-refractivity contribution is 6.03. The van der Waals surface area contributed by atoms with Crippen molar-refractivity contribution in [1.29, 1.82) is 0 Å². The van der Waals surface area contributed by atoms with Crippen molar-refractivity contribution in [2.45, 2.75) is 33.4 Å². The summed E-state index contributed by atoms with van der Waals surface area (Å²) in [5.41, 5.74) is 4.70. The molecule has 0 saturated heterocycles. The first-order valence-corrected chi connectivity index (χ1v) is 9.86. The molecule has 10 heteroatoms. The summed E-state index contributed by atoms with van der Waals surface area (Å²) in [6.45, 7) is 4.74. The SMILES string of the molecule is Cc1ccc(-c2nc(C(N)=O)c3c(n2)n(C(C)C)c(=O)n3CC(=O)c2ccccc2F)o1. The Balaban J connectivity index is 1.98. The first-order chi connectivity index (χ1) is 15.2. The molecule has 0 aliphatic heterocycles. The molecule has 3 aromatic heterocycles. The van der Waals surface area contributed by atoms with E-state index in [2.05, 4.69) is 9.97 Å². The van der Waals surface area contributed by atoms with Crippen molar-refractivity contribution in [1.82, 2.24) is 19.1 Å². The Kier molecular flexibility index (Phi) is 5.21. The summed E-state index contributed by atoms with van der Waals surface area (Å²) in [7, 11) is 0. The van der Waals surface area contributed by atoms with Gasteiger partial charge in [-0.1, -0.05) is 12.1 Å². The number of nitrogens with two attached hydrogens (primary N) is 1.